The number of methoxy groups -OCH3 is 1. The highest BCUT2D eigenvalue weighted by Crippen LogP contribution is 2.18. The van der Waals surface area contributed by atoms with Crippen molar-refractivity contribution in [2.45, 2.75) is 52.2 Å². The molecule has 0 heterocycles. The van der Waals surface area contributed by atoms with Crippen LogP contribution in [-0.4, -0.2) is 43.0 Å². The van der Waals surface area contributed by atoms with Crippen LogP contribution in [0.4, 0.5) is 4.79 Å². The largest absolute Gasteiger partial charge is 0.388 e. The summed E-state index contributed by atoms with van der Waals surface area (Å²) in [4.78, 5) is 11.7. The summed E-state index contributed by atoms with van der Waals surface area (Å²) in [5.74, 6) is 0.138. The van der Waals surface area contributed by atoms with Crippen LogP contribution < -0.4 is 10.6 Å². The van der Waals surface area contributed by atoms with E-state index in [1.54, 1.807) is 14.0 Å². The number of ether oxygens (including phenoxy) is 1. The standard InChI is InChI=1S/C13H28N2O3/c1-6-10(3)13(4,17)9-14-12(16)15-11(7-2)8-18-5/h10-11,17H,6-9H2,1-5H3,(H2,14,15,16). The lowest BCUT2D eigenvalue weighted by atomic mass is 9.89. The molecule has 2 amide bonds. The Hall–Kier alpha value is -0.810. The van der Waals surface area contributed by atoms with Crippen molar-refractivity contribution in [3.05, 3.63) is 0 Å². The lowest BCUT2D eigenvalue weighted by Crippen LogP contribution is -2.50. The molecule has 0 fully saturated rings. The predicted molar refractivity (Wildman–Crippen MR) is 72.6 cm³/mol. The highest BCUT2D eigenvalue weighted by Gasteiger charge is 2.27. The van der Waals surface area contributed by atoms with Gasteiger partial charge >= 0.3 is 6.03 Å². The molecule has 0 aromatic carbocycles. The number of aliphatic hydroxyl groups is 1. The van der Waals surface area contributed by atoms with Gasteiger partial charge in [0.25, 0.3) is 0 Å². The van der Waals surface area contributed by atoms with Crippen LogP contribution in [0.5, 0.6) is 0 Å². The van der Waals surface area contributed by atoms with Gasteiger partial charge in [0.2, 0.25) is 0 Å². The van der Waals surface area contributed by atoms with Crippen molar-refractivity contribution in [3.63, 3.8) is 0 Å². The summed E-state index contributed by atoms with van der Waals surface area (Å²) in [5.41, 5.74) is -0.880. The van der Waals surface area contributed by atoms with Gasteiger partial charge in [0.15, 0.2) is 0 Å². The maximum Gasteiger partial charge on any atom is 0.315 e. The van der Waals surface area contributed by atoms with E-state index in [2.05, 4.69) is 10.6 Å². The Labute approximate surface area is 110 Å². The van der Waals surface area contributed by atoms with E-state index in [1.165, 1.54) is 0 Å². The molecular formula is C13H28N2O3. The number of carbonyl (C=O) groups is 1. The monoisotopic (exact) mass is 260 g/mol. The zero-order valence-corrected chi connectivity index (χ0v) is 12.2. The molecular weight excluding hydrogens is 232 g/mol. The number of amides is 2. The molecule has 0 radical (unpaired) electrons. The van der Waals surface area contributed by atoms with Crippen molar-refractivity contribution >= 4 is 6.03 Å². The minimum atomic E-state index is -0.880. The fourth-order valence-corrected chi connectivity index (χ4v) is 1.57. The third kappa shape index (κ3) is 6.21. The Bertz CT molecular complexity index is 244. The van der Waals surface area contributed by atoms with Crippen molar-refractivity contribution in [3.8, 4) is 0 Å². The maximum atomic E-state index is 11.7. The van der Waals surface area contributed by atoms with E-state index >= 15 is 0 Å². The molecule has 0 saturated heterocycles. The molecule has 0 saturated carbocycles. The second kappa shape index (κ2) is 8.32. The maximum absolute atomic E-state index is 11.7. The number of carbonyl (C=O) groups excluding carboxylic acids is 1. The molecule has 5 heteroatoms. The van der Waals surface area contributed by atoms with Gasteiger partial charge in [-0.1, -0.05) is 27.2 Å². The molecule has 18 heavy (non-hydrogen) atoms. The molecule has 0 bridgehead atoms. The summed E-state index contributed by atoms with van der Waals surface area (Å²) in [5, 5.41) is 15.7. The molecule has 5 nitrogen and oxygen atoms in total. The Morgan fingerprint density at radius 3 is 2.44 bits per heavy atom. The molecule has 0 aliphatic heterocycles. The first-order valence-electron chi connectivity index (χ1n) is 6.63. The first-order chi connectivity index (χ1) is 8.37. The number of nitrogens with one attached hydrogen (secondary N) is 2. The Morgan fingerprint density at radius 1 is 1.39 bits per heavy atom. The lowest BCUT2D eigenvalue weighted by molar-refractivity contribution is 0.00776. The summed E-state index contributed by atoms with van der Waals surface area (Å²) in [6.45, 7) is 8.46. The van der Waals surface area contributed by atoms with E-state index in [0.29, 0.717) is 6.61 Å². The fourth-order valence-electron chi connectivity index (χ4n) is 1.57. The van der Waals surface area contributed by atoms with E-state index in [9.17, 15) is 9.90 Å². The van der Waals surface area contributed by atoms with Crippen molar-refractivity contribution < 1.29 is 14.6 Å². The minimum Gasteiger partial charge on any atom is -0.388 e. The highest BCUT2D eigenvalue weighted by atomic mass is 16.5. The number of rotatable bonds is 8. The molecule has 3 N–H and O–H groups in total. The van der Waals surface area contributed by atoms with Gasteiger partial charge in [-0.15, -0.1) is 0 Å². The molecule has 0 aromatic heterocycles. The van der Waals surface area contributed by atoms with Gasteiger partial charge < -0.3 is 20.5 Å². The Morgan fingerprint density at radius 2 is 2.00 bits per heavy atom. The van der Waals surface area contributed by atoms with E-state index in [4.69, 9.17) is 4.74 Å². The van der Waals surface area contributed by atoms with Gasteiger partial charge in [-0.3, -0.25) is 0 Å². The molecule has 0 aliphatic carbocycles. The van der Waals surface area contributed by atoms with Crippen LogP contribution in [0.25, 0.3) is 0 Å². The van der Waals surface area contributed by atoms with Crippen molar-refractivity contribution in [2.24, 2.45) is 5.92 Å². The number of hydrogen-bond acceptors (Lipinski definition) is 3. The second-order valence-electron chi connectivity index (χ2n) is 5.05. The molecule has 0 spiro atoms. The molecule has 0 aliphatic rings. The predicted octanol–water partition coefficient (Wildman–Crippen LogP) is 1.51. The minimum absolute atomic E-state index is 0.00328. The third-order valence-electron chi connectivity index (χ3n) is 3.48. The van der Waals surface area contributed by atoms with Crippen LogP contribution in [-0.2, 0) is 4.74 Å². The zero-order chi connectivity index (χ0) is 14.2. The molecule has 3 unspecified atom stereocenters. The van der Waals surface area contributed by atoms with Gasteiger partial charge in [-0.25, -0.2) is 4.79 Å². The Kier molecular flexibility index (Phi) is 7.95. The fraction of sp³-hybridized carbons (Fsp3) is 0.923. The average Bonchev–Trinajstić information content (AvgIpc) is 2.34. The van der Waals surface area contributed by atoms with E-state index < -0.39 is 5.60 Å². The molecule has 3 atom stereocenters. The van der Waals surface area contributed by atoms with E-state index in [1.807, 2.05) is 20.8 Å². The SMILES string of the molecule is CCC(COC)NC(=O)NCC(C)(O)C(C)CC. The normalized spacial score (nSPS) is 17.7. The molecule has 0 rings (SSSR count). The summed E-state index contributed by atoms with van der Waals surface area (Å²) < 4.78 is 5.00. The smallest absolute Gasteiger partial charge is 0.315 e. The lowest BCUT2D eigenvalue weighted by Gasteiger charge is -2.30. The van der Waals surface area contributed by atoms with Crippen LogP contribution in [0.3, 0.4) is 0 Å². The molecule has 0 aromatic rings. The van der Waals surface area contributed by atoms with Crippen LogP contribution >= 0.6 is 0 Å². The summed E-state index contributed by atoms with van der Waals surface area (Å²) in [6.07, 6.45) is 1.68. The van der Waals surface area contributed by atoms with Gasteiger partial charge in [0.1, 0.15) is 0 Å². The topological polar surface area (TPSA) is 70.6 Å². The highest BCUT2D eigenvalue weighted by molar-refractivity contribution is 5.74. The van der Waals surface area contributed by atoms with Crippen LogP contribution in [0.2, 0.25) is 0 Å². The van der Waals surface area contributed by atoms with E-state index in [-0.39, 0.29) is 24.5 Å². The number of hydrogen-bond donors (Lipinski definition) is 3. The average molecular weight is 260 g/mol. The van der Waals surface area contributed by atoms with Gasteiger partial charge in [0, 0.05) is 13.7 Å². The third-order valence-corrected chi connectivity index (χ3v) is 3.48. The first-order valence-corrected chi connectivity index (χ1v) is 6.63. The van der Waals surface area contributed by atoms with Crippen molar-refractivity contribution in [1.29, 1.82) is 0 Å². The van der Waals surface area contributed by atoms with Gasteiger partial charge in [-0.2, -0.15) is 0 Å². The summed E-state index contributed by atoms with van der Waals surface area (Å²) in [6, 6.07) is -0.258. The van der Waals surface area contributed by atoms with E-state index in [0.717, 1.165) is 12.8 Å². The Balaban J connectivity index is 4.09. The molecule has 108 valence electrons. The van der Waals surface area contributed by atoms with Crippen molar-refractivity contribution in [2.75, 3.05) is 20.3 Å². The van der Waals surface area contributed by atoms with Gasteiger partial charge in [-0.05, 0) is 19.3 Å². The summed E-state index contributed by atoms with van der Waals surface area (Å²) in [7, 11) is 1.61. The van der Waals surface area contributed by atoms with Crippen LogP contribution in [0.15, 0.2) is 0 Å². The zero-order valence-electron chi connectivity index (χ0n) is 12.2. The van der Waals surface area contributed by atoms with Gasteiger partial charge in [0.05, 0.1) is 18.2 Å². The van der Waals surface area contributed by atoms with Crippen molar-refractivity contribution in [1.82, 2.24) is 10.6 Å². The first kappa shape index (κ1) is 17.2. The van der Waals surface area contributed by atoms with Crippen LogP contribution in [0, 0.1) is 5.92 Å². The number of urea groups is 1. The van der Waals surface area contributed by atoms with Crippen LogP contribution in [0.1, 0.15) is 40.5 Å². The quantitative estimate of drug-likeness (QED) is 0.619. The second-order valence-corrected chi connectivity index (χ2v) is 5.05. The summed E-state index contributed by atoms with van der Waals surface area (Å²) >= 11 is 0.